The molecular formula is C14H12O7S. The molecule has 4 N–H and O–H groups in total. The van der Waals surface area contributed by atoms with Crippen molar-refractivity contribution >= 4 is 21.9 Å². The van der Waals surface area contributed by atoms with E-state index in [9.17, 15) is 29.4 Å². The van der Waals surface area contributed by atoms with E-state index < -0.39 is 34.7 Å². The number of rotatable bonds is 3. The van der Waals surface area contributed by atoms with Gasteiger partial charge in [-0.2, -0.15) is 0 Å². The second-order valence-electron chi connectivity index (χ2n) is 4.37. The molecule has 2 rings (SSSR count). The van der Waals surface area contributed by atoms with Crippen molar-refractivity contribution in [3.05, 3.63) is 52.7 Å². The topological polar surface area (TPSA) is 124 Å². The second kappa shape index (κ2) is 6.04. The van der Waals surface area contributed by atoms with Crippen molar-refractivity contribution in [2.24, 2.45) is 0 Å². The van der Waals surface area contributed by atoms with Gasteiger partial charge in [-0.3, -0.25) is 4.79 Å². The van der Waals surface area contributed by atoms with Gasteiger partial charge in [0.2, 0.25) is 5.78 Å². The molecular weight excluding hydrogens is 312 g/mol. The predicted octanol–water partition coefficient (Wildman–Crippen LogP) is 1.13. The van der Waals surface area contributed by atoms with Gasteiger partial charge in [0.1, 0.15) is 21.9 Å². The molecule has 22 heavy (non-hydrogen) atoms. The lowest BCUT2D eigenvalue weighted by Gasteiger charge is -2.23. The summed E-state index contributed by atoms with van der Waals surface area (Å²) in [6.45, 7) is 0. The number of hydrogen-bond donors (Lipinski definition) is 4. The first-order valence-electron chi connectivity index (χ1n) is 6.02. The number of aliphatic hydroxyl groups is 3. The summed E-state index contributed by atoms with van der Waals surface area (Å²) in [5.41, 5.74) is -0.875. The molecule has 0 aromatic heterocycles. The van der Waals surface area contributed by atoms with E-state index in [1.807, 2.05) is 0 Å². The van der Waals surface area contributed by atoms with Gasteiger partial charge in [0.25, 0.3) is 0 Å². The highest BCUT2D eigenvalue weighted by Crippen LogP contribution is 2.30. The van der Waals surface area contributed by atoms with Crippen LogP contribution in [0.25, 0.3) is 0 Å². The zero-order valence-electron chi connectivity index (χ0n) is 11.3. The van der Waals surface area contributed by atoms with Gasteiger partial charge < -0.3 is 25.2 Å². The number of phenols is 1. The van der Waals surface area contributed by atoms with E-state index in [0.29, 0.717) is 0 Å². The molecule has 1 aromatic rings. The normalized spacial score (nSPS) is 18.6. The number of aromatic hydroxyl groups is 1. The number of phenolic OH excluding ortho intramolecular Hbond substituents is 1. The molecule has 8 heteroatoms. The Hall–Kier alpha value is -2.58. The molecule has 116 valence electrons. The number of benzene rings is 1. The van der Waals surface area contributed by atoms with E-state index >= 15 is 0 Å². The molecule has 0 fully saturated rings. The lowest BCUT2D eigenvalue weighted by atomic mass is 9.92. The molecule has 1 atom stereocenters. The SMILES string of the molecule is COC1C(=S=O)C(O)=C(C(=O)c2ccccc2O)C(O)=C1O. The number of hydrogen-bond acceptors (Lipinski definition) is 7. The van der Waals surface area contributed by atoms with E-state index in [-0.39, 0.29) is 27.4 Å². The number of methoxy groups -OCH3 is 1. The van der Waals surface area contributed by atoms with Crippen LogP contribution in [0, 0.1) is 0 Å². The highest BCUT2D eigenvalue weighted by molar-refractivity contribution is 7.67. The first-order valence-corrected chi connectivity index (χ1v) is 6.76. The lowest BCUT2D eigenvalue weighted by Crippen LogP contribution is -2.34. The minimum atomic E-state index is -1.36. The van der Waals surface area contributed by atoms with E-state index in [0.717, 1.165) is 7.11 Å². The van der Waals surface area contributed by atoms with Gasteiger partial charge in [0.05, 0.1) is 16.8 Å². The Morgan fingerprint density at radius 2 is 1.77 bits per heavy atom. The number of para-hydroxylation sites is 1. The third-order valence-corrected chi connectivity index (χ3v) is 3.72. The summed E-state index contributed by atoms with van der Waals surface area (Å²) in [7, 11) is 1.16. The second-order valence-corrected chi connectivity index (χ2v) is 4.97. The van der Waals surface area contributed by atoms with Crippen LogP contribution in [0.1, 0.15) is 10.4 Å². The van der Waals surface area contributed by atoms with Crippen molar-refractivity contribution in [2.45, 2.75) is 6.10 Å². The Kier molecular flexibility index (Phi) is 4.34. The van der Waals surface area contributed by atoms with Crippen molar-refractivity contribution in [3.63, 3.8) is 0 Å². The van der Waals surface area contributed by atoms with Crippen molar-refractivity contribution in [3.8, 4) is 5.75 Å². The first-order chi connectivity index (χ1) is 10.4. The lowest BCUT2D eigenvalue weighted by molar-refractivity contribution is 0.100. The van der Waals surface area contributed by atoms with E-state index in [4.69, 9.17) is 4.74 Å². The monoisotopic (exact) mass is 324 g/mol. The fraction of sp³-hybridized carbons (Fsp3) is 0.143. The van der Waals surface area contributed by atoms with Crippen LogP contribution in [0.3, 0.4) is 0 Å². The van der Waals surface area contributed by atoms with E-state index in [1.54, 1.807) is 0 Å². The number of allylic oxidation sites excluding steroid dienone is 1. The first kappa shape index (κ1) is 15.8. The largest absolute Gasteiger partial charge is 0.507 e. The molecule has 0 saturated heterocycles. The zero-order chi connectivity index (χ0) is 16.4. The Bertz CT molecular complexity index is 756. The van der Waals surface area contributed by atoms with E-state index in [2.05, 4.69) is 0 Å². The molecule has 0 radical (unpaired) electrons. The summed E-state index contributed by atoms with van der Waals surface area (Å²) in [5.74, 6) is -3.78. The highest BCUT2D eigenvalue weighted by Gasteiger charge is 2.38. The average molecular weight is 324 g/mol. The Morgan fingerprint density at radius 1 is 1.14 bits per heavy atom. The fourth-order valence-electron chi connectivity index (χ4n) is 2.05. The van der Waals surface area contributed by atoms with Gasteiger partial charge in [0, 0.05) is 7.11 Å². The summed E-state index contributed by atoms with van der Waals surface area (Å²) in [4.78, 5) is 12.0. The molecule has 0 spiro atoms. The molecule has 0 bridgehead atoms. The van der Waals surface area contributed by atoms with Gasteiger partial charge in [-0.15, -0.1) is 0 Å². The third-order valence-electron chi connectivity index (χ3n) is 3.14. The summed E-state index contributed by atoms with van der Waals surface area (Å²) >= 11 is -0.173. The van der Waals surface area contributed by atoms with Crippen molar-refractivity contribution < 1.29 is 34.2 Å². The quantitative estimate of drug-likeness (QED) is 0.485. The van der Waals surface area contributed by atoms with Crippen molar-refractivity contribution in [2.75, 3.05) is 7.11 Å². The Balaban J connectivity index is 2.66. The molecule has 0 amide bonds. The summed E-state index contributed by atoms with van der Waals surface area (Å²) < 4.78 is 15.9. The number of carbonyl (C=O) groups excluding carboxylic acids is 1. The maximum absolute atomic E-state index is 12.4. The summed E-state index contributed by atoms with van der Waals surface area (Å²) in [6, 6.07) is 5.48. The Morgan fingerprint density at radius 3 is 2.32 bits per heavy atom. The molecule has 1 aliphatic rings. The third kappa shape index (κ3) is 2.38. The van der Waals surface area contributed by atoms with Gasteiger partial charge in [-0.05, 0) is 12.1 Å². The molecule has 1 aromatic carbocycles. The van der Waals surface area contributed by atoms with Gasteiger partial charge in [0.15, 0.2) is 17.6 Å². The van der Waals surface area contributed by atoms with Crippen LogP contribution in [0.4, 0.5) is 0 Å². The number of ketones is 1. The van der Waals surface area contributed by atoms with Crippen LogP contribution in [-0.4, -0.2) is 48.5 Å². The minimum Gasteiger partial charge on any atom is -0.507 e. The smallest absolute Gasteiger partial charge is 0.204 e. The van der Waals surface area contributed by atoms with Crippen molar-refractivity contribution in [1.29, 1.82) is 0 Å². The molecule has 0 saturated carbocycles. The van der Waals surface area contributed by atoms with Crippen LogP contribution < -0.4 is 0 Å². The number of Topliss-reactive ketones (excluding diaryl/α,β-unsaturated/α-hetero) is 1. The van der Waals surface area contributed by atoms with Crippen LogP contribution in [0.15, 0.2) is 47.1 Å². The predicted molar refractivity (Wildman–Crippen MR) is 78.3 cm³/mol. The maximum atomic E-state index is 12.4. The van der Waals surface area contributed by atoms with Gasteiger partial charge in [-0.1, -0.05) is 12.1 Å². The standard InChI is InChI=1S/C14H12O7S/c1-21-13-12(19)10(17)8(11(18)14(13)22-20)9(16)6-4-2-3-5-7(6)15/h2-5,13,15,17-19H,1H3. The zero-order valence-corrected chi connectivity index (χ0v) is 12.1. The van der Waals surface area contributed by atoms with Gasteiger partial charge in [-0.25, -0.2) is 4.21 Å². The number of aliphatic hydroxyl groups excluding tert-OH is 3. The minimum absolute atomic E-state index is 0.173. The van der Waals surface area contributed by atoms with E-state index in [1.165, 1.54) is 24.3 Å². The fourth-order valence-corrected chi connectivity index (χ4v) is 2.53. The van der Waals surface area contributed by atoms with Crippen LogP contribution >= 0.6 is 0 Å². The van der Waals surface area contributed by atoms with Crippen LogP contribution in [-0.2, 0) is 16.0 Å². The van der Waals surface area contributed by atoms with Crippen LogP contribution in [0.2, 0.25) is 0 Å². The molecule has 0 aliphatic heterocycles. The molecule has 1 unspecified atom stereocenters. The average Bonchev–Trinajstić information content (AvgIpc) is 2.51. The summed E-state index contributed by atoms with van der Waals surface area (Å²) in [6.07, 6.45) is -1.36. The van der Waals surface area contributed by atoms with Gasteiger partial charge >= 0.3 is 0 Å². The van der Waals surface area contributed by atoms with Crippen LogP contribution in [0.5, 0.6) is 5.75 Å². The van der Waals surface area contributed by atoms with Crippen molar-refractivity contribution in [1.82, 2.24) is 0 Å². The molecule has 0 heterocycles. The number of carbonyl (C=O) groups is 1. The molecule has 7 nitrogen and oxygen atoms in total. The maximum Gasteiger partial charge on any atom is 0.204 e. The highest BCUT2D eigenvalue weighted by atomic mass is 32.1. The molecule has 1 aliphatic carbocycles. The number of ether oxygens (including phenoxy) is 1. The Labute approximate surface area is 128 Å². The summed E-state index contributed by atoms with van der Waals surface area (Å²) in [5, 5.41) is 39.6.